The second-order valence-corrected chi connectivity index (χ2v) is 6.58. The lowest BCUT2D eigenvalue weighted by atomic mass is 10.2. The van der Waals surface area contributed by atoms with Crippen molar-refractivity contribution in [3.8, 4) is 0 Å². The summed E-state index contributed by atoms with van der Waals surface area (Å²) in [4.78, 5) is 18.2. The van der Waals surface area contributed by atoms with Gasteiger partial charge in [-0.3, -0.25) is 4.79 Å². The number of nitrogens with zero attached hydrogens (tertiary/aromatic N) is 2. The Morgan fingerprint density at radius 2 is 2.04 bits per heavy atom. The molecule has 0 spiro atoms. The zero-order valence-corrected chi connectivity index (χ0v) is 16.6. The molecule has 3 N–H and O–H groups in total. The number of aliphatic imine (C=N–C) groups is 1. The molecule has 0 radical (unpaired) electrons. The van der Waals surface area contributed by atoms with Crippen LogP contribution in [0.4, 0.5) is 5.69 Å². The highest BCUT2D eigenvalue weighted by molar-refractivity contribution is 5.79. The molecule has 2 rings (SSSR count). The highest BCUT2D eigenvalue weighted by atomic mass is 16.5. The van der Waals surface area contributed by atoms with E-state index >= 15 is 0 Å². The minimum Gasteiger partial charge on any atom is -0.383 e. The molecule has 1 aliphatic heterocycles. The van der Waals surface area contributed by atoms with E-state index in [0.717, 1.165) is 62.8 Å². The zero-order valence-electron chi connectivity index (χ0n) is 16.6. The lowest BCUT2D eigenvalue weighted by molar-refractivity contribution is -0.127. The van der Waals surface area contributed by atoms with Gasteiger partial charge in [0.25, 0.3) is 0 Å². The smallest absolute Gasteiger partial charge is 0.222 e. The Kier molecular flexibility index (Phi) is 9.48. The highest BCUT2D eigenvalue weighted by Gasteiger charge is 2.18. The fourth-order valence-corrected chi connectivity index (χ4v) is 2.95. The Balaban J connectivity index is 1.74. The van der Waals surface area contributed by atoms with Crippen molar-refractivity contribution in [1.29, 1.82) is 0 Å². The molecule has 1 aliphatic rings. The number of carbonyl (C=O) groups is 1. The number of anilines is 1. The van der Waals surface area contributed by atoms with Crippen LogP contribution in [0, 0.1) is 0 Å². The molecule has 0 atom stereocenters. The number of nitrogens with one attached hydrogen (secondary N) is 3. The van der Waals surface area contributed by atoms with Crippen LogP contribution in [0.2, 0.25) is 0 Å². The quantitative estimate of drug-likeness (QED) is 0.312. The minimum absolute atomic E-state index is 0.288. The SMILES string of the molecule is CCNC(=NCc1ccc(NCCOC)cc1)NCCCN1CCCC1=O. The number of ether oxygens (including phenoxy) is 1. The minimum atomic E-state index is 0.288. The van der Waals surface area contributed by atoms with Crippen LogP contribution in [0.1, 0.15) is 31.7 Å². The maximum absolute atomic E-state index is 11.6. The van der Waals surface area contributed by atoms with Crippen LogP contribution in [0.3, 0.4) is 0 Å². The van der Waals surface area contributed by atoms with E-state index in [0.29, 0.717) is 19.6 Å². The molecule has 1 aromatic carbocycles. The van der Waals surface area contributed by atoms with Crippen LogP contribution in [-0.2, 0) is 16.1 Å². The normalized spacial score (nSPS) is 14.5. The maximum atomic E-state index is 11.6. The Morgan fingerprint density at radius 1 is 1.22 bits per heavy atom. The van der Waals surface area contributed by atoms with E-state index in [1.165, 1.54) is 0 Å². The number of guanidine groups is 1. The number of hydrogen-bond acceptors (Lipinski definition) is 4. The third kappa shape index (κ3) is 7.86. The Bertz CT molecular complexity index is 589. The number of benzene rings is 1. The molecule has 1 saturated heterocycles. The van der Waals surface area contributed by atoms with Gasteiger partial charge in [-0.05, 0) is 37.5 Å². The molecule has 0 bridgehead atoms. The van der Waals surface area contributed by atoms with Crippen LogP contribution in [0.5, 0.6) is 0 Å². The van der Waals surface area contributed by atoms with E-state index < -0.39 is 0 Å². The molecule has 0 saturated carbocycles. The van der Waals surface area contributed by atoms with Crippen molar-refractivity contribution in [2.75, 3.05) is 51.8 Å². The number of carbonyl (C=O) groups excluding carboxylic acids is 1. The molecule has 0 aromatic heterocycles. The molecule has 0 unspecified atom stereocenters. The van der Waals surface area contributed by atoms with E-state index in [4.69, 9.17) is 4.74 Å². The standard InChI is InChI=1S/C20H33N5O2/c1-3-21-20(23-11-5-14-25-13-4-6-19(25)26)24-16-17-7-9-18(10-8-17)22-12-15-27-2/h7-10,22H,3-6,11-16H2,1-2H3,(H2,21,23,24). The van der Waals surface area contributed by atoms with Gasteiger partial charge in [-0.15, -0.1) is 0 Å². The number of methoxy groups -OCH3 is 1. The van der Waals surface area contributed by atoms with Crippen LogP contribution in [0.15, 0.2) is 29.3 Å². The van der Waals surface area contributed by atoms with Crippen LogP contribution in [-0.4, -0.2) is 63.2 Å². The monoisotopic (exact) mass is 375 g/mol. The molecule has 27 heavy (non-hydrogen) atoms. The summed E-state index contributed by atoms with van der Waals surface area (Å²) in [5.74, 6) is 1.10. The van der Waals surface area contributed by atoms with E-state index in [9.17, 15) is 4.79 Å². The molecule has 0 aliphatic carbocycles. The average molecular weight is 376 g/mol. The van der Waals surface area contributed by atoms with Gasteiger partial charge in [0.15, 0.2) is 5.96 Å². The van der Waals surface area contributed by atoms with E-state index in [-0.39, 0.29) is 5.91 Å². The van der Waals surface area contributed by atoms with Gasteiger partial charge in [0, 0.05) is 51.9 Å². The molecule has 7 nitrogen and oxygen atoms in total. The lowest BCUT2D eigenvalue weighted by Crippen LogP contribution is -2.39. The Morgan fingerprint density at radius 3 is 2.70 bits per heavy atom. The first-order valence-electron chi connectivity index (χ1n) is 9.84. The first-order valence-corrected chi connectivity index (χ1v) is 9.84. The molecular weight excluding hydrogens is 342 g/mol. The van der Waals surface area contributed by atoms with Crippen molar-refractivity contribution < 1.29 is 9.53 Å². The number of amides is 1. The summed E-state index contributed by atoms with van der Waals surface area (Å²) >= 11 is 0. The van der Waals surface area contributed by atoms with Crippen molar-refractivity contribution in [2.24, 2.45) is 4.99 Å². The first-order chi connectivity index (χ1) is 13.2. The summed E-state index contributed by atoms with van der Waals surface area (Å²) < 4.78 is 5.04. The fraction of sp³-hybridized carbons (Fsp3) is 0.600. The molecule has 1 heterocycles. The Labute approximate surface area is 162 Å². The van der Waals surface area contributed by atoms with Gasteiger partial charge in [0.2, 0.25) is 5.91 Å². The second kappa shape index (κ2) is 12.2. The largest absolute Gasteiger partial charge is 0.383 e. The van der Waals surface area contributed by atoms with Crippen molar-refractivity contribution in [2.45, 2.75) is 32.7 Å². The molecular formula is C20H33N5O2. The second-order valence-electron chi connectivity index (χ2n) is 6.58. The summed E-state index contributed by atoms with van der Waals surface area (Å²) in [7, 11) is 1.70. The predicted molar refractivity (Wildman–Crippen MR) is 110 cm³/mol. The van der Waals surface area contributed by atoms with Crippen molar-refractivity contribution in [1.82, 2.24) is 15.5 Å². The van der Waals surface area contributed by atoms with Gasteiger partial charge in [0.05, 0.1) is 13.2 Å². The molecule has 7 heteroatoms. The number of likely N-dealkylation sites (tertiary alicyclic amines) is 1. The van der Waals surface area contributed by atoms with Crippen LogP contribution >= 0.6 is 0 Å². The Hall–Kier alpha value is -2.28. The maximum Gasteiger partial charge on any atom is 0.222 e. The molecule has 150 valence electrons. The van der Waals surface area contributed by atoms with E-state index in [1.54, 1.807) is 7.11 Å². The van der Waals surface area contributed by atoms with Gasteiger partial charge in [-0.2, -0.15) is 0 Å². The van der Waals surface area contributed by atoms with Crippen molar-refractivity contribution >= 4 is 17.6 Å². The lowest BCUT2D eigenvalue weighted by Gasteiger charge is -2.16. The fourth-order valence-electron chi connectivity index (χ4n) is 2.95. The van der Waals surface area contributed by atoms with Gasteiger partial charge < -0.3 is 25.6 Å². The zero-order chi connectivity index (χ0) is 19.3. The summed E-state index contributed by atoms with van der Waals surface area (Å²) in [5.41, 5.74) is 2.24. The summed E-state index contributed by atoms with van der Waals surface area (Å²) in [5, 5.41) is 9.92. The van der Waals surface area contributed by atoms with Crippen molar-refractivity contribution in [3.05, 3.63) is 29.8 Å². The number of rotatable bonds is 11. The third-order valence-electron chi connectivity index (χ3n) is 4.42. The molecule has 1 aromatic rings. The van der Waals surface area contributed by atoms with Crippen LogP contribution < -0.4 is 16.0 Å². The van der Waals surface area contributed by atoms with Gasteiger partial charge >= 0.3 is 0 Å². The first kappa shape index (κ1) is 21.0. The van der Waals surface area contributed by atoms with E-state index in [1.807, 2.05) is 4.90 Å². The van der Waals surface area contributed by atoms with Gasteiger partial charge in [-0.25, -0.2) is 4.99 Å². The summed E-state index contributed by atoms with van der Waals surface area (Å²) in [6, 6.07) is 8.30. The van der Waals surface area contributed by atoms with Crippen LogP contribution in [0.25, 0.3) is 0 Å². The van der Waals surface area contributed by atoms with Crippen molar-refractivity contribution in [3.63, 3.8) is 0 Å². The van der Waals surface area contributed by atoms with Gasteiger partial charge in [-0.1, -0.05) is 12.1 Å². The third-order valence-corrected chi connectivity index (χ3v) is 4.42. The van der Waals surface area contributed by atoms with Gasteiger partial charge in [0.1, 0.15) is 0 Å². The molecule has 1 amide bonds. The van der Waals surface area contributed by atoms with E-state index in [2.05, 4.69) is 52.1 Å². The number of hydrogen-bond donors (Lipinski definition) is 3. The predicted octanol–water partition coefficient (Wildman–Crippen LogP) is 1.81. The molecule has 1 fully saturated rings. The summed E-state index contributed by atoms with van der Waals surface area (Å²) in [6.45, 7) is 7.52. The topological polar surface area (TPSA) is 78.0 Å². The summed E-state index contributed by atoms with van der Waals surface area (Å²) in [6.07, 6.45) is 2.63. The highest BCUT2D eigenvalue weighted by Crippen LogP contribution is 2.10. The average Bonchev–Trinajstić information content (AvgIpc) is 3.09.